The number of rotatable bonds is 4. The van der Waals surface area contributed by atoms with Crippen molar-refractivity contribution in [2.45, 2.75) is 44.7 Å². The summed E-state index contributed by atoms with van der Waals surface area (Å²) in [4.78, 5) is 11.0. The van der Waals surface area contributed by atoms with Crippen molar-refractivity contribution in [1.29, 1.82) is 0 Å². The van der Waals surface area contributed by atoms with Crippen LogP contribution in [0, 0.1) is 5.92 Å². The minimum atomic E-state index is 0.145. The number of nitrogens with two attached hydrogens (primary N) is 1. The maximum atomic E-state index is 6.06. The molecule has 0 atom stereocenters. The van der Waals surface area contributed by atoms with Crippen molar-refractivity contribution in [2.24, 2.45) is 11.7 Å². The molecule has 1 fully saturated rings. The van der Waals surface area contributed by atoms with E-state index in [-0.39, 0.29) is 5.54 Å². The molecule has 0 spiro atoms. The van der Waals surface area contributed by atoms with Crippen LogP contribution in [0.15, 0.2) is 18.5 Å². The van der Waals surface area contributed by atoms with E-state index in [0.29, 0.717) is 0 Å². The molecule has 1 aliphatic carbocycles. The van der Waals surface area contributed by atoms with E-state index in [9.17, 15) is 0 Å². The molecule has 1 heterocycles. The molecule has 4 nitrogen and oxygen atoms in total. The molecular weight excluding hydrogens is 224 g/mol. The molecule has 4 heteroatoms. The van der Waals surface area contributed by atoms with Crippen molar-refractivity contribution in [1.82, 2.24) is 14.9 Å². The van der Waals surface area contributed by atoms with E-state index < -0.39 is 0 Å². The summed E-state index contributed by atoms with van der Waals surface area (Å²) < 4.78 is 0. The SMILES string of the molecule is CC1CCC(CN)(N(C)Cc2ncccn2)CC1. The van der Waals surface area contributed by atoms with Gasteiger partial charge in [0.05, 0.1) is 6.54 Å². The first-order chi connectivity index (χ1) is 8.66. The molecule has 0 aromatic carbocycles. The van der Waals surface area contributed by atoms with Gasteiger partial charge in [0, 0.05) is 24.5 Å². The lowest BCUT2D eigenvalue weighted by atomic mass is 9.76. The zero-order chi connectivity index (χ0) is 13.0. The first-order valence-electron chi connectivity index (χ1n) is 6.83. The third-order valence-corrected chi connectivity index (χ3v) is 4.39. The fourth-order valence-electron chi connectivity index (χ4n) is 2.83. The van der Waals surface area contributed by atoms with E-state index in [4.69, 9.17) is 5.73 Å². The van der Waals surface area contributed by atoms with Gasteiger partial charge in [-0.3, -0.25) is 4.90 Å². The summed E-state index contributed by atoms with van der Waals surface area (Å²) in [6.45, 7) is 3.84. The number of hydrogen-bond acceptors (Lipinski definition) is 4. The van der Waals surface area contributed by atoms with Crippen LogP contribution in [0.1, 0.15) is 38.4 Å². The Morgan fingerprint density at radius 3 is 2.50 bits per heavy atom. The van der Waals surface area contributed by atoms with Gasteiger partial charge in [-0.05, 0) is 44.7 Å². The highest BCUT2D eigenvalue weighted by Crippen LogP contribution is 2.35. The van der Waals surface area contributed by atoms with Gasteiger partial charge in [-0.15, -0.1) is 0 Å². The van der Waals surface area contributed by atoms with Crippen LogP contribution >= 0.6 is 0 Å². The normalized spacial score (nSPS) is 28.6. The molecule has 0 radical (unpaired) electrons. The van der Waals surface area contributed by atoms with Crippen molar-refractivity contribution in [3.8, 4) is 0 Å². The molecular formula is C14H24N4. The van der Waals surface area contributed by atoms with Crippen LogP contribution in [-0.2, 0) is 6.54 Å². The molecule has 0 bridgehead atoms. The molecule has 0 amide bonds. The van der Waals surface area contributed by atoms with E-state index in [1.807, 2.05) is 6.07 Å². The average molecular weight is 248 g/mol. The van der Waals surface area contributed by atoms with Gasteiger partial charge in [-0.1, -0.05) is 6.92 Å². The van der Waals surface area contributed by atoms with E-state index >= 15 is 0 Å². The van der Waals surface area contributed by atoms with Gasteiger partial charge in [0.25, 0.3) is 0 Å². The largest absolute Gasteiger partial charge is 0.329 e. The zero-order valence-corrected chi connectivity index (χ0v) is 11.5. The first-order valence-corrected chi connectivity index (χ1v) is 6.83. The Labute approximate surface area is 110 Å². The molecule has 0 aliphatic heterocycles. The summed E-state index contributed by atoms with van der Waals surface area (Å²) in [5.74, 6) is 1.72. The fraction of sp³-hybridized carbons (Fsp3) is 0.714. The summed E-state index contributed by atoms with van der Waals surface area (Å²) in [6.07, 6.45) is 8.53. The predicted octanol–water partition coefficient (Wildman–Crippen LogP) is 1.82. The van der Waals surface area contributed by atoms with Gasteiger partial charge in [0.15, 0.2) is 0 Å². The summed E-state index contributed by atoms with van der Waals surface area (Å²) >= 11 is 0. The third kappa shape index (κ3) is 2.87. The van der Waals surface area contributed by atoms with Crippen molar-refractivity contribution in [3.63, 3.8) is 0 Å². The van der Waals surface area contributed by atoms with Crippen molar-refractivity contribution >= 4 is 0 Å². The quantitative estimate of drug-likeness (QED) is 0.883. The molecule has 1 aliphatic rings. The molecule has 2 N–H and O–H groups in total. The Hall–Kier alpha value is -1.00. The third-order valence-electron chi connectivity index (χ3n) is 4.39. The average Bonchev–Trinajstić information content (AvgIpc) is 2.41. The highest BCUT2D eigenvalue weighted by Gasteiger charge is 2.36. The second kappa shape index (κ2) is 5.76. The lowest BCUT2D eigenvalue weighted by molar-refractivity contribution is 0.0595. The second-order valence-corrected chi connectivity index (χ2v) is 5.63. The van der Waals surface area contributed by atoms with Crippen molar-refractivity contribution < 1.29 is 0 Å². The van der Waals surface area contributed by atoms with Crippen LogP contribution in [-0.4, -0.2) is 34.0 Å². The molecule has 18 heavy (non-hydrogen) atoms. The number of aromatic nitrogens is 2. The minimum Gasteiger partial charge on any atom is -0.329 e. The Bertz CT molecular complexity index is 357. The maximum absolute atomic E-state index is 6.06. The Morgan fingerprint density at radius 1 is 1.33 bits per heavy atom. The molecule has 2 rings (SSSR count). The van der Waals surface area contributed by atoms with Crippen LogP contribution in [0.3, 0.4) is 0 Å². The molecule has 1 aromatic rings. The molecule has 1 aromatic heterocycles. The lowest BCUT2D eigenvalue weighted by Gasteiger charge is -2.45. The highest BCUT2D eigenvalue weighted by molar-refractivity contribution is 4.97. The Morgan fingerprint density at radius 2 is 1.94 bits per heavy atom. The van der Waals surface area contributed by atoms with Gasteiger partial charge >= 0.3 is 0 Å². The summed E-state index contributed by atoms with van der Waals surface area (Å²) in [7, 11) is 2.15. The first kappa shape index (κ1) is 13.4. The Kier molecular flexibility index (Phi) is 4.30. The van der Waals surface area contributed by atoms with Crippen molar-refractivity contribution in [3.05, 3.63) is 24.3 Å². The standard InChI is InChI=1S/C14H24N4/c1-12-4-6-14(11-15,7-5-12)18(2)10-13-16-8-3-9-17-13/h3,8-9,12H,4-7,10-11,15H2,1-2H3. The second-order valence-electron chi connectivity index (χ2n) is 5.63. The smallest absolute Gasteiger partial charge is 0.142 e. The monoisotopic (exact) mass is 248 g/mol. The van der Waals surface area contributed by atoms with E-state index in [1.54, 1.807) is 12.4 Å². The van der Waals surface area contributed by atoms with Gasteiger partial charge in [0.2, 0.25) is 0 Å². The summed E-state index contributed by atoms with van der Waals surface area (Å²) in [5.41, 5.74) is 6.20. The summed E-state index contributed by atoms with van der Waals surface area (Å²) in [6, 6.07) is 1.85. The fourth-order valence-corrected chi connectivity index (χ4v) is 2.83. The van der Waals surface area contributed by atoms with Crippen LogP contribution in [0.25, 0.3) is 0 Å². The molecule has 0 saturated heterocycles. The predicted molar refractivity (Wildman–Crippen MR) is 72.9 cm³/mol. The number of hydrogen-bond donors (Lipinski definition) is 1. The zero-order valence-electron chi connectivity index (χ0n) is 11.5. The number of nitrogens with zero attached hydrogens (tertiary/aromatic N) is 3. The summed E-state index contributed by atoms with van der Waals surface area (Å²) in [5, 5.41) is 0. The van der Waals surface area contributed by atoms with Crippen LogP contribution in [0.4, 0.5) is 0 Å². The molecule has 0 unspecified atom stereocenters. The highest BCUT2D eigenvalue weighted by atomic mass is 15.2. The lowest BCUT2D eigenvalue weighted by Crippen LogP contribution is -2.53. The van der Waals surface area contributed by atoms with E-state index in [1.165, 1.54) is 25.7 Å². The molecule has 1 saturated carbocycles. The number of likely N-dealkylation sites (N-methyl/N-ethyl adjacent to an activating group) is 1. The van der Waals surface area contributed by atoms with Crippen LogP contribution in [0.5, 0.6) is 0 Å². The van der Waals surface area contributed by atoms with Crippen molar-refractivity contribution in [2.75, 3.05) is 13.6 Å². The molecule has 100 valence electrons. The van der Waals surface area contributed by atoms with Gasteiger partial charge in [-0.25, -0.2) is 9.97 Å². The minimum absolute atomic E-state index is 0.145. The van der Waals surface area contributed by atoms with Gasteiger partial charge in [-0.2, -0.15) is 0 Å². The van der Waals surface area contributed by atoms with E-state index in [2.05, 4.69) is 28.8 Å². The van der Waals surface area contributed by atoms with E-state index in [0.717, 1.165) is 24.8 Å². The van der Waals surface area contributed by atoms with Crippen LogP contribution < -0.4 is 5.73 Å². The van der Waals surface area contributed by atoms with Gasteiger partial charge < -0.3 is 5.73 Å². The Balaban J connectivity index is 2.03. The van der Waals surface area contributed by atoms with Crippen LogP contribution in [0.2, 0.25) is 0 Å². The topological polar surface area (TPSA) is 55.0 Å². The van der Waals surface area contributed by atoms with Gasteiger partial charge in [0.1, 0.15) is 5.82 Å². The maximum Gasteiger partial charge on any atom is 0.142 e.